The Morgan fingerprint density at radius 1 is 1.47 bits per heavy atom. The van der Waals surface area contributed by atoms with Crippen LogP contribution in [-0.4, -0.2) is 55.1 Å². The molecule has 7 nitrogen and oxygen atoms in total. The van der Waals surface area contributed by atoms with Gasteiger partial charge in [-0.3, -0.25) is 14.9 Å². The first-order valence-corrected chi connectivity index (χ1v) is 6.34. The normalized spacial score (nSPS) is 22.6. The molecule has 1 fully saturated rings. The van der Waals surface area contributed by atoms with Crippen molar-refractivity contribution in [3.05, 3.63) is 0 Å². The number of nitrogens with zero attached hydrogens (tertiary/aromatic N) is 1. The molecule has 0 bridgehead atoms. The number of imide groups is 1. The molecule has 2 N–H and O–H groups in total. The molecule has 0 saturated carbocycles. The van der Waals surface area contributed by atoms with Gasteiger partial charge in [-0.25, -0.2) is 4.79 Å². The van der Waals surface area contributed by atoms with Gasteiger partial charge >= 0.3 is 6.03 Å². The van der Waals surface area contributed by atoms with Crippen LogP contribution in [0.2, 0.25) is 0 Å². The van der Waals surface area contributed by atoms with Crippen molar-refractivity contribution in [1.82, 2.24) is 15.5 Å². The molecule has 1 atom stereocenters. The summed E-state index contributed by atoms with van der Waals surface area (Å²) in [5.74, 6) is -0.632. The van der Waals surface area contributed by atoms with Crippen LogP contribution in [0.5, 0.6) is 0 Å². The Balaban J connectivity index is 2.52. The molecule has 1 saturated heterocycles. The van der Waals surface area contributed by atoms with Crippen LogP contribution in [0.3, 0.4) is 0 Å². The van der Waals surface area contributed by atoms with Crippen molar-refractivity contribution < 1.29 is 19.1 Å². The highest BCUT2D eigenvalue weighted by Crippen LogP contribution is 2.24. The first kappa shape index (κ1) is 15.4. The van der Waals surface area contributed by atoms with Crippen LogP contribution in [0.4, 0.5) is 4.79 Å². The third-order valence-corrected chi connectivity index (χ3v) is 3.39. The Hall–Kier alpha value is -1.63. The molecule has 108 valence electrons. The van der Waals surface area contributed by atoms with Crippen LogP contribution in [0.25, 0.3) is 0 Å². The largest absolute Gasteiger partial charge is 0.385 e. The summed E-state index contributed by atoms with van der Waals surface area (Å²) < 4.78 is 4.87. The zero-order valence-corrected chi connectivity index (χ0v) is 11.6. The predicted octanol–water partition coefficient (Wildman–Crippen LogP) is -0.140. The lowest BCUT2D eigenvalue weighted by atomic mass is 9.97. The number of methoxy groups -OCH3 is 1. The molecule has 1 aliphatic heterocycles. The number of nitrogens with one attached hydrogen (secondary N) is 2. The number of hydrogen-bond acceptors (Lipinski definition) is 4. The molecular weight excluding hydrogens is 250 g/mol. The third kappa shape index (κ3) is 3.44. The third-order valence-electron chi connectivity index (χ3n) is 3.39. The molecule has 1 aliphatic rings. The van der Waals surface area contributed by atoms with Crippen molar-refractivity contribution >= 4 is 17.8 Å². The van der Waals surface area contributed by atoms with E-state index in [1.54, 1.807) is 14.0 Å². The molecule has 0 aromatic carbocycles. The van der Waals surface area contributed by atoms with E-state index < -0.39 is 11.6 Å². The van der Waals surface area contributed by atoms with E-state index in [4.69, 9.17) is 4.74 Å². The standard InChI is InChI=1S/C12H21N3O4/c1-4-12(2)10(17)14-11(18)15(12)8-9(16)13-6-5-7-19-3/h4-8H2,1-3H3,(H,13,16)(H,14,17,18). The summed E-state index contributed by atoms with van der Waals surface area (Å²) in [6, 6.07) is -0.513. The SMILES string of the molecule is CCC1(C)C(=O)NC(=O)N1CC(=O)NCCCOC. The van der Waals surface area contributed by atoms with E-state index in [1.807, 2.05) is 6.92 Å². The molecule has 4 amide bonds. The summed E-state index contributed by atoms with van der Waals surface area (Å²) in [4.78, 5) is 36.4. The fraction of sp³-hybridized carbons (Fsp3) is 0.750. The second-order valence-electron chi connectivity index (χ2n) is 4.67. The number of urea groups is 1. The Labute approximate surface area is 112 Å². The number of rotatable bonds is 7. The van der Waals surface area contributed by atoms with Gasteiger partial charge < -0.3 is 15.0 Å². The lowest BCUT2D eigenvalue weighted by Crippen LogP contribution is -2.50. The van der Waals surface area contributed by atoms with Gasteiger partial charge in [0.2, 0.25) is 5.91 Å². The van der Waals surface area contributed by atoms with E-state index in [0.29, 0.717) is 26.0 Å². The zero-order chi connectivity index (χ0) is 14.5. The van der Waals surface area contributed by atoms with Gasteiger partial charge in [-0.1, -0.05) is 6.92 Å². The van der Waals surface area contributed by atoms with Gasteiger partial charge in [-0.15, -0.1) is 0 Å². The predicted molar refractivity (Wildman–Crippen MR) is 68.4 cm³/mol. The number of carbonyl (C=O) groups excluding carboxylic acids is 3. The van der Waals surface area contributed by atoms with E-state index in [1.165, 1.54) is 4.90 Å². The Morgan fingerprint density at radius 3 is 2.74 bits per heavy atom. The Kier molecular flexibility index (Phi) is 5.29. The average molecular weight is 271 g/mol. The molecule has 0 spiro atoms. The first-order chi connectivity index (χ1) is 8.95. The topological polar surface area (TPSA) is 87.7 Å². The molecule has 7 heteroatoms. The van der Waals surface area contributed by atoms with Gasteiger partial charge in [0.25, 0.3) is 5.91 Å². The van der Waals surface area contributed by atoms with E-state index in [-0.39, 0.29) is 18.4 Å². The second kappa shape index (κ2) is 6.51. The minimum atomic E-state index is -0.943. The van der Waals surface area contributed by atoms with Gasteiger partial charge in [0.15, 0.2) is 0 Å². The highest BCUT2D eigenvalue weighted by atomic mass is 16.5. The van der Waals surface area contributed by atoms with Crippen LogP contribution in [0.1, 0.15) is 26.7 Å². The van der Waals surface area contributed by atoms with E-state index in [0.717, 1.165) is 0 Å². The minimum absolute atomic E-state index is 0.116. The van der Waals surface area contributed by atoms with Gasteiger partial charge in [-0.05, 0) is 19.8 Å². The highest BCUT2D eigenvalue weighted by Gasteiger charge is 2.48. The van der Waals surface area contributed by atoms with Gasteiger partial charge in [0, 0.05) is 20.3 Å². The van der Waals surface area contributed by atoms with Gasteiger partial charge in [0.1, 0.15) is 12.1 Å². The van der Waals surface area contributed by atoms with Crippen molar-refractivity contribution in [2.75, 3.05) is 26.8 Å². The van der Waals surface area contributed by atoms with E-state index >= 15 is 0 Å². The molecule has 1 unspecified atom stereocenters. The van der Waals surface area contributed by atoms with E-state index in [9.17, 15) is 14.4 Å². The summed E-state index contributed by atoms with van der Waals surface area (Å²) in [6.45, 7) is 4.40. The Morgan fingerprint density at radius 2 is 2.16 bits per heavy atom. The fourth-order valence-corrected chi connectivity index (χ4v) is 1.89. The van der Waals surface area contributed by atoms with Crippen LogP contribution < -0.4 is 10.6 Å². The average Bonchev–Trinajstić information content (AvgIpc) is 2.59. The van der Waals surface area contributed by atoms with Crippen molar-refractivity contribution in [2.45, 2.75) is 32.2 Å². The smallest absolute Gasteiger partial charge is 0.325 e. The number of ether oxygens (including phenoxy) is 1. The summed E-state index contributed by atoms with van der Waals surface area (Å²) in [5, 5.41) is 4.93. The van der Waals surface area contributed by atoms with Crippen LogP contribution in [0, 0.1) is 0 Å². The van der Waals surface area contributed by atoms with Crippen LogP contribution >= 0.6 is 0 Å². The van der Waals surface area contributed by atoms with Crippen molar-refractivity contribution in [3.63, 3.8) is 0 Å². The molecule has 1 rings (SSSR count). The summed E-state index contributed by atoms with van der Waals surface area (Å²) in [7, 11) is 1.59. The highest BCUT2D eigenvalue weighted by molar-refractivity contribution is 6.07. The number of hydrogen-bond donors (Lipinski definition) is 2. The second-order valence-corrected chi connectivity index (χ2v) is 4.67. The number of amides is 4. The molecule has 0 aliphatic carbocycles. The van der Waals surface area contributed by atoms with Crippen molar-refractivity contribution in [2.24, 2.45) is 0 Å². The van der Waals surface area contributed by atoms with Crippen LogP contribution in [-0.2, 0) is 14.3 Å². The van der Waals surface area contributed by atoms with Crippen molar-refractivity contribution in [1.29, 1.82) is 0 Å². The molecule has 0 aromatic rings. The summed E-state index contributed by atoms with van der Waals surface area (Å²) in [6.07, 6.45) is 1.17. The molecule has 1 heterocycles. The lowest BCUT2D eigenvalue weighted by Gasteiger charge is -2.30. The van der Waals surface area contributed by atoms with Gasteiger partial charge in [0.05, 0.1) is 0 Å². The maximum Gasteiger partial charge on any atom is 0.325 e. The zero-order valence-electron chi connectivity index (χ0n) is 11.6. The first-order valence-electron chi connectivity index (χ1n) is 6.34. The van der Waals surface area contributed by atoms with E-state index in [2.05, 4.69) is 10.6 Å². The quantitative estimate of drug-likeness (QED) is 0.498. The fourth-order valence-electron chi connectivity index (χ4n) is 1.89. The Bertz CT molecular complexity index is 372. The van der Waals surface area contributed by atoms with Gasteiger partial charge in [-0.2, -0.15) is 0 Å². The summed E-state index contributed by atoms with van der Waals surface area (Å²) in [5.41, 5.74) is -0.943. The molecule has 0 radical (unpaired) electrons. The van der Waals surface area contributed by atoms with Crippen molar-refractivity contribution in [3.8, 4) is 0 Å². The van der Waals surface area contributed by atoms with Crippen LogP contribution in [0.15, 0.2) is 0 Å². The molecular formula is C12H21N3O4. The maximum atomic E-state index is 11.7. The number of carbonyl (C=O) groups is 3. The maximum absolute atomic E-state index is 11.7. The molecule has 0 aromatic heterocycles. The summed E-state index contributed by atoms with van der Waals surface area (Å²) >= 11 is 0. The monoisotopic (exact) mass is 271 g/mol. The lowest BCUT2D eigenvalue weighted by molar-refractivity contribution is -0.128. The minimum Gasteiger partial charge on any atom is -0.385 e. The molecule has 19 heavy (non-hydrogen) atoms.